The third-order valence-electron chi connectivity index (χ3n) is 11.2. The van der Waals surface area contributed by atoms with E-state index < -0.39 is 46.8 Å². The van der Waals surface area contributed by atoms with Crippen LogP contribution in [0.3, 0.4) is 0 Å². The van der Waals surface area contributed by atoms with Crippen molar-refractivity contribution >= 4 is 24.4 Å². The van der Waals surface area contributed by atoms with Crippen LogP contribution in [0.5, 0.6) is 34.5 Å². The molecule has 0 radical (unpaired) electrons. The molecule has 0 saturated heterocycles. The van der Waals surface area contributed by atoms with Gasteiger partial charge in [-0.25, -0.2) is 19.2 Å². The van der Waals surface area contributed by atoms with Gasteiger partial charge in [-0.3, -0.25) is 0 Å². The van der Waals surface area contributed by atoms with Crippen molar-refractivity contribution in [1.29, 1.82) is 0 Å². The Bertz CT molecular complexity index is 2560. The van der Waals surface area contributed by atoms with Crippen molar-refractivity contribution in [2.45, 2.75) is 171 Å². The molecule has 0 bridgehead atoms. The number of carbonyl (C=O) groups excluding carboxylic acids is 4. The molecule has 82 heavy (non-hydrogen) atoms. The summed E-state index contributed by atoms with van der Waals surface area (Å²) >= 11 is 0. The van der Waals surface area contributed by atoms with Gasteiger partial charge in [0, 0.05) is 26.2 Å². The minimum absolute atomic E-state index is 0.168. The van der Waals surface area contributed by atoms with Crippen molar-refractivity contribution in [3.63, 3.8) is 0 Å². The molecule has 18 nitrogen and oxygen atoms in total. The molecule has 4 aromatic carbocycles. The van der Waals surface area contributed by atoms with Gasteiger partial charge in [-0.1, -0.05) is 57.0 Å². The van der Waals surface area contributed by atoms with Gasteiger partial charge in [0.15, 0.2) is 23.0 Å². The molecule has 0 saturated carbocycles. The fraction of sp³-hybridized carbons (Fsp3) is 0.562. The molecule has 0 aliphatic rings. The molecule has 0 heterocycles. The highest BCUT2D eigenvalue weighted by Crippen LogP contribution is 2.46. The van der Waals surface area contributed by atoms with Gasteiger partial charge in [0.25, 0.3) is 0 Å². The summed E-state index contributed by atoms with van der Waals surface area (Å²) in [5, 5.41) is 11.2. The van der Waals surface area contributed by atoms with Crippen LogP contribution in [-0.4, -0.2) is 113 Å². The Kier molecular flexibility index (Phi) is 27.1. The van der Waals surface area contributed by atoms with Gasteiger partial charge < -0.3 is 68.6 Å². The normalized spacial score (nSPS) is 11.6. The van der Waals surface area contributed by atoms with Crippen LogP contribution in [0.2, 0.25) is 0 Å². The summed E-state index contributed by atoms with van der Waals surface area (Å²) < 4.78 is 61.1. The standard InChI is InChI=1S/C64H94N4O14/c1-15-17-32-73-51-41-49(42-52(55(51)77-33-18-16-2)74-34-22-28-65-57(69)79-61(3,4)5)47-38-46(45-26-20-19-21-27-45)39-48(40-47)50-43-53(75-35-23-29-66-58(70)80-62(6,7)8)56(78-37-25-31-68-60(72)82-64(12,13)14)54(44-50)76-36-24-30-67-59(71)81-63(9,10)11/h19-21,26-27,38-44H,15-18,22-25,28-37H2,1-14H3,(H,65,69)(H,66,70)(H,67,71)(H,68,72). The molecular weight excluding hydrogens is 1050 g/mol. The lowest BCUT2D eigenvalue weighted by Crippen LogP contribution is -2.33. The zero-order valence-electron chi connectivity index (χ0n) is 51.4. The second-order valence-corrected chi connectivity index (χ2v) is 23.7. The van der Waals surface area contributed by atoms with E-state index in [1.165, 1.54) is 0 Å². The van der Waals surface area contributed by atoms with Crippen LogP contribution in [0.25, 0.3) is 33.4 Å². The molecule has 0 atom stereocenters. The van der Waals surface area contributed by atoms with Gasteiger partial charge in [-0.15, -0.1) is 0 Å². The molecule has 0 fully saturated rings. The van der Waals surface area contributed by atoms with Crippen molar-refractivity contribution in [2.75, 3.05) is 65.8 Å². The van der Waals surface area contributed by atoms with E-state index in [1.807, 2.05) is 63.2 Å². The van der Waals surface area contributed by atoms with Crippen LogP contribution < -0.4 is 49.7 Å². The SMILES string of the molecule is CCCCOc1cc(-c2cc(-c3ccccc3)cc(-c3cc(OCCCNC(=O)OC(C)(C)C)c(OCCCNC(=O)OC(C)(C)C)c(OCCCNC(=O)OC(C)(C)C)c3)c2)cc(OCCCNC(=O)OC(C)(C)C)c1OCCCC. The number of ether oxygens (including phenoxy) is 10. The smallest absolute Gasteiger partial charge is 0.407 e. The molecule has 454 valence electrons. The summed E-state index contributed by atoms with van der Waals surface area (Å²) in [4.78, 5) is 50.1. The van der Waals surface area contributed by atoms with E-state index in [9.17, 15) is 19.2 Å². The first-order chi connectivity index (χ1) is 38.7. The number of nitrogens with one attached hydrogen (secondary N) is 4. The molecule has 18 heteroatoms. The lowest BCUT2D eigenvalue weighted by molar-refractivity contribution is 0.0512. The summed E-state index contributed by atoms with van der Waals surface area (Å²) in [5.41, 5.74) is 2.48. The van der Waals surface area contributed by atoms with Crippen LogP contribution >= 0.6 is 0 Å². The predicted octanol–water partition coefficient (Wildman–Crippen LogP) is 14.2. The Labute approximate surface area is 487 Å². The fourth-order valence-electron chi connectivity index (χ4n) is 7.63. The molecule has 0 aliphatic carbocycles. The Morgan fingerprint density at radius 3 is 0.854 bits per heavy atom. The molecule has 0 aromatic heterocycles. The van der Waals surface area contributed by atoms with E-state index in [0.29, 0.717) is 79.9 Å². The largest absolute Gasteiger partial charge is 0.490 e. The molecule has 0 spiro atoms. The highest BCUT2D eigenvalue weighted by atomic mass is 16.6. The number of carbonyl (C=O) groups is 4. The molecule has 4 aromatic rings. The van der Waals surface area contributed by atoms with Crippen LogP contribution in [-0.2, 0) is 18.9 Å². The first-order valence-corrected chi connectivity index (χ1v) is 28.9. The third-order valence-corrected chi connectivity index (χ3v) is 11.2. The van der Waals surface area contributed by atoms with Crippen LogP contribution in [0.4, 0.5) is 19.2 Å². The van der Waals surface area contributed by atoms with Crippen LogP contribution in [0, 0.1) is 0 Å². The van der Waals surface area contributed by atoms with Crippen molar-refractivity contribution in [1.82, 2.24) is 21.3 Å². The molecule has 0 unspecified atom stereocenters. The van der Waals surface area contributed by atoms with E-state index >= 15 is 0 Å². The van der Waals surface area contributed by atoms with Gasteiger partial charge in [0.2, 0.25) is 11.5 Å². The minimum Gasteiger partial charge on any atom is -0.490 e. The third kappa shape index (κ3) is 26.6. The minimum atomic E-state index is -0.661. The number of hydrogen-bond acceptors (Lipinski definition) is 14. The first kappa shape index (κ1) is 67.3. The van der Waals surface area contributed by atoms with Crippen molar-refractivity contribution < 1.29 is 66.5 Å². The van der Waals surface area contributed by atoms with Crippen molar-refractivity contribution in [2.24, 2.45) is 0 Å². The zero-order chi connectivity index (χ0) is 60.4. The lowest BCUT2D eigenvalue weighted by Gasteiger charge is -2.21. The molecule has 4 amide bonds. The zero-order valence-corrected chi connectivity index (χ0v) is 51.4. The number of benzene rings is 4. The predicted molar refractivity (Wildman–Crippen MR) is 321 cm³/mol. The van der Waals surface area contributed by atoms with Gasteiger partial charge in [-0.05, 0) is 197 Å². The summed E-state index contributed by atoms with van der Waals surface area (Å²) in [5.74, 6) is 2.64. The second-order valence-electron chi connectivity index (χ2n) is 23.7. The average molecular weight is 1140 g/mol. The maximum absolute atomic E-state index is 12.6. The van der Waals surface area contributed by atoms with Gasteiger partial charge in [-0.2, -0.15) is 0 Å². The quantitative estimate of drug-likeness (QED) is 0.0273. The van der Waals surface area contributed by atoms with E-state index in [4.69, 9.17) is 47.4 Å². The molecule has 0 aliphatic heterocycles. The topological polar surface area (TPSA) is 209 Å². The maximum Gasteiger partial charge on any atom is 0.407 e. The Morgan fingerprint density at radius 2 is 0.573 bits per heavy atom. The second kappa shape index (κ2) is 33.0. The van der Waals surface area contributed by atoms with E-state index in [1.54, 1.807) is 62.3 Å². The Morgan fingerprint density at radius 1 is 0.329 bits per heavy atom. The highest BCUT2D eigenvalue weighted by Gasteiger charge is 2.23. The van der Waals surface area contributed by atoms with E-state index in [0.717, 1.165) is 59.1 Å². The Hall–Kier alpha value is -7.24. The van der Waals surface area contributed by atoms with Crippen LogP contribution in [0.1, 0.15) is 148 Å². The van der Waals surface area contributed by atoms with Gasteiger partial charge >= 0.3 is 24.4 Å². The average Bonchev–Trinajstić information content (AvgIpc) is 3.45. The fourth-order valence-corrected chi connectivity index (χ4v) is 7.63. The van der Waals surface area contributed by atoms with Crippen molar-refractivity contribution in [3.8, 4) is 67.9 Å². The highest BCUT2D eigenvalue weighted by molar-refractivity contribution is 5.84. The van der Waals surface area contributed by atoms with Gasteiger partial charge in [0.05, 0.1) is 39.6 Å². The van der Waals surface area contributed by atoms with E-state index in [2.05, 4.69) is 65.4 Å². The summed E-state index contributed by atoms with van der Waals surface area (Å²) in [6.45, 7) is 28.8. The van der Waals surface area contributed by atoms with Crippen LogP contribution in [0.15, 0.2) is 72.8 Å². The monoisotopic (exact) mass is 1140 g/mol. The van der Waals surface area contributed by atoms with E-state index in [-0.39, 0.29) is 46.1 Å². The number of hydrogen-bond donors (Lipinski definition) is 4. The molecular formula is C64H94N4O14. The number of amides is 4. The number of unbranched alkanes of at least 4 members (excludes halogenated alkanes) is 2. The summed E-state index contributed by atoms with van der Waals surface area (Å²) in [6, 6.07) is 24.2. The summed E-state index contributed by atoms with van der Waals surface area (Å²) in [6.07, 6.45) is 3.19. The number of rotatable bonds is 31. The van der Waals surface area contributed by atoms with Crippen molar-refractivity contribution in [3.05, 3.63) is 72.8 Å². The molecule has 4 N–H and O–H groups in total. The Balaban J connectivity index is 1.88. The van der Waals surface area contributed by atoms with Gasteiger partial charge in [0.1, 0.15) is 22.4 Å². The summed E-state index contributed by atoms with van der Waals surface area (Å²) in [7, 11) is 0. The first-order valence-electron chi connectivity index (χ1n) is 28.9. The lowest BCUT2D eigenvalue weighted by atomic mass is 9.92. The number of alkyl carbamates (subject to hydrolysis) is 4. The molecule has 4 rings (SSSR count). The maximum atomic E-state index is 12.6.